The van der Waals surface area contributed by atoms with E-state index in [0.717, 1.165) is 5.56 Å². The number of halogens is 1. The minimum atomic E-state index is -0.379. The number of nitrogens with two attached hydrogens (primary N) is 1. The molecule has 0 spiro atoms. The van der Waals surface area contributed by atoms with Gasteiger partial charge in [-0.25, -0.2) is 4.39 Å². The summed E-state index contributed by atoms with van der Waals surface area (Å²) in [6.45, 7) is 2.01. The van der Waals surface area contributed by atoms with Gasteiger partial charge in [0.1, 0.15) is 5.82 Å². The van der Waals surface area contributed by atoms with Gasteiger partial charge in [0.05, 0.1) is 0 Å². The molecule has 2 N–H and O–H groups in total. The lowest BCUT2D eigenvalue weighted by Crippen LogP contribution is -1.93. The van der Waals surface area contributed by atoms with Gasteiger partial charge in [-0.05, 0) is 30.2 Å². The quantitative estimate of drug-likeness (QED) is 0.351. The highest BCUT2D eigenvalue weighted by atomic mass is 19.1. The zero-order valence-electron chi connectivity index (χ0n) is 8.31. The van der Waals surface area contributed by atoms with Crippen LogP contribution in [0.25, 0.3) is 16.5 Å². The first-order valence-electron chi connectivity index (χ1n) is 4.38. The van der Waals surface area contributed by atoms with E-state index < -0.39 is 0 Å². The van der Waals surface area contributed by atoms with Gasteiger partial charge < -0.3 is 5.73 Å². The van der Waals surface area contributed by atoms with Crippen molar-refractivity contribution in [3.63, 3.8) is 0 Å². The Labute approximate surface area is 86.8 Å². The predicted molar refractivity (Wildman–Crippen MR) is 58.6 cm³/mol. The molecule has 4 nitrogen and oxygen atoms in total. The molecule has 0 aliphatic heterocycles. The number of azide groups is 1. The van der Waals surface area contributed by atoms with E-state index in [-0.39, 0.29) is 12.4 Å². The molecule has 15 heavy (non-hydrogen) atoms. The molecule has 1 rings (SSSR count). The Bertz CT molecular complexity index is 433. The number of nitrogen functional groups attached to an aromatic ring is 1. The van der Waals surface area contributed by atoms with E-state index in [0.29, 0.717) is 11.3 Å². The molecule has 1 aromatic rings. The molecule has 0 heterocycles. The maximum absolute atomic E-state index is 13.3. The van der Waals surface area contributed by atoms with Crippen LogP contribution in [0.5, 0.6) is 0 Å². The summed E-state index contributed by atoms with van der Waals surface area (Å²) in [5.41, 5.74) is 15.3. The minimum absolute atomic E-state index is 0.208. The summed E-state index contributed by atoms with van der Waals surface area (Å²) in [6.07, 6.45) is 3.16. The van der Waals surface area contributed by atoms with Crippen LogP contribution in [0.15, 0.2) is 23.3 Å². The van der Waals surface area contributed by atoms with Crippen molar-refractivity contribution < 1.29 is 4.39 Å². The van der Waals surface area contributed by atoms with Gasteiger partial charge in [0.2, 0.25) is 0 Å². The van der Waals surface area contributed by atoms with Crippen molar-refractivity contribution in [1.29, 1.82) is 0 Å². The third kappa shape index (κ3) is 3.00. The first-order chi connectivity index (χ1) is 7.15. The molecule has 0 atom stereocenters. The molecule has 78 valence electrons. The highest BCUT2D eigenvalue weighted by Gasteiger charge is 2.01. The van der Waals surface area contributed by atoms with Crippen molar-refractivity contribution in [3.05, 3.63) is 45.6 Å². The van der Waals surface area contributed by atoms with Crippen molar-refractivity contribution in [2.45, 2.75) is 6.92 Å². The Balaban J connectivity index is 2.90. The summed E-state index contributed by atoms with van der Waals surface area (Å²) in [4.78, 5) is 2.58. The monoisotopic (exact) mass is 206 g/mol. The molecule has 0 aliphatic carbocycles. The van der Waals surface area contributed by atoms with E-state index in [1.807, 2.05) is 0 Å². The molecular weight excluding hydrogens is 195 g/mol. The van der Waals surface area contributed by atoms with Gasteiger partial charge in [-0.3, -0.25) is 0 Å². The summed E-state index contributed by atoms with van der Waals surface area (Å²) < 4.78 is 13.3. The smallest absolute Gasteiger partial charge is 0.132 e. The normalized spacial score (nSPS) is 10.3. The lowest BCUT2D eigenvalue weighted by molar-refractivity contribution is 0.625. The van der Waals surface area contributed by atoms with Crippen LogP contribution in [0.3, 0.4) is 0 Å². The molecule has 0 saturated heterocycles. The van der Waals surface area contributed by atoms with E-state index in [4.69, 9.17) is 11.3 Å². The van der Waals surface area contributed by atoms with Crippen molar-refractivity contribution in [2.24, 2.45) is 5.11 Å². The lowest BCUT2D eigenvalue weighted by atomic mass is 10.1. The number of hydrogen-bond acceptors (Lipinski definition) is 2. The molecule has 0 saturated carbocycles. The van der Waals surface area contributed by atoms with E-state index in [2.05, 4.69) is 10.0 Å². The molecule has 0 amide bonds. The van der Waals surface area contributed by atoms with Gasteiger partial charge in [-0.15, -0.1) is 0 Å². The third-order valence-electron chi connectivity index (χ3n) is 1.93. The van der Waals surface area contributed by atoms with Crippen LogP contribution in [-0.4, -0.2) is 6.54 Å². The molecule has 5 heteroatoms. The molecule has 0 aliphatic rings. The van der Waals surface area contributed by atoms with E-state index in [1.54, 1.807) is 25.1 Å². The van der Waals surface area contributed by atoms with Crippen LogP contribution in [0.1, 0.15) is 11.1 Å². The minimum Gasteiger partial charge on any atom is -0.398 e. The maximum atomic E-state index is 13.3. The third-order valence-corrected chi connectivity index (χ3v) is 1.93. The Morgan fingerprint density at radius 1 is 1.60 bits per heavy atom. The zero-order valence-corrected chi connectivity index (χ0v) is 8.31. The second-order valence-electron chi connectivity index (χ2n) is 3.05. The largest absolute Gasteiger partial charge is 0.398 e. The summed E-state index contributed by atoms with van der Waals surface area (Å²) >= 11 is 0. The first-order valence-corrected chi connectivity index (χ1v) is 4.38. The lowest BCUT2D eigenvalue weighted by Gasteiger charge is -2.02. The number of nitrogens with zero attached hydrogens (tertiary/aromatic N) is 3. The van der Waals surface area contributed by atoms with Crippen molar-refractivity contribution in [3.8, 4) is 0 Å². The van der Waals surface area contributed by atoms with Gasteiger partial charge in [-0.2, -0.15) is 0 Å². The molecule has 0 fully saturated rings. The molecule has 1 aromatic carbocycles. The second kappa shape index (κ2) is 5.02. The average molecular weight is 206 g/mol. The Morgan fingerprint density at radius 3 is 3.00 bits per heavy atom. The number of hydrogen-bond donors (Lipinski definition) is 1. The van der Waals surface area contributed by atoms with Gasteiger partial charge in [0.25, 0.3) is 0 Å². The highest BCUT2D eigenvalue weighted by Crippen LogP contribution is 2.18. The van der Waals surface area contributed by atoms with Crippen LogP contribution in [0, 0.1) is 12.7 Å². The zero-order chi connectivity index (χ0) is 11.3. The van der Waals surface area contributed by atoms with E-state index in [1.165, 1.54) is 6.07 Å². The predicted octanol–water partition coefficient (Wildman–Crippen LogP) is 3.04. The number of anilines is 1. The summed E-state index contributed by atoms with van der Waals surface area (Å²) in [5.74, 6) is -0.379. The maximum Gasteiger partial charge on any atom is 0.132 e. The van der Waals surface area contributed by atoms with Crippen LogP contribution < -0.4 is 5.73 Å². The SMILES string of the molecule is Cc1cc(C=CCN=[N+]=[N-])c(F)cc1N. The topological polar surface area (TPSA) is 74.8 Å². The van der Waals surface area contributed by atoms with Crippen molar-refractivity contribution in [1.82, 2.24) is 0 Å². The van der Waals surface area contributed by atoms with Crippen molar-refractivity contribution >= 4 is 11.8 Å². The van der Waals surface area contributed by atoms with Gasteiger partial charge in [0.15, 0.2) is 0 Å². The first kappa shape index (κ1) is 11.1. The fourth-order valence-corrected chi connectivity index (χ4v) is 1.11. The Hall–Kier alpha value is -2.00. The fourth-order valence-electron chi connectivity index (χ4n) is 1.11. The second-order valence-corrected chi connectivity index (χ2v) is 3.05. The summed E-state index contributed by atoms with van der Waals surface area (Å²) in [7, 11) is 0. The molecule has 0 unspecified atom stereocenters. The highest BCUT2D eigenvalue weighted by molar-refractivity contribution is 5.58. The molecular formula is C10H11FN4. The van der Waals surface area contributed by atoms with Crippen LogP contribution in [-0.2, 0) is 0 Å². The number of rotatable bonds is 3. The average Bonchev–Trinajstić information content (AvgIpc) is 2.20. The van der Waals surface area contributed by atoms with Gasteiger partial charge in [-0.1, -0.05) is 17.3 Å². The van der Waals surface area contributed by atoms with Gasteiger partial charge >= 0.3 is 0 Å². The Morgan fingerprint density at radius 2 is 2.33 bits per heavy atom. The van der Waals surface area contributed by atoms with Gasteiger partial charge in [0, 0.05) is 22.7 Å². The van der Waals surface area contributed by atoms with Crippen molar-refractivity contribution in [2.75, 3.05) is 12.3 Å². The Kier molecular flexibility index (Phi) is 3.71. The number of benzene rings is 1. The summed E-state index contributed by atoms with van der Waals surface area (Å²) in [6, 6.07) is 2.93. The summed E-state index contributed by atoms with van der Waals surface area (Å²) in [5, 5.41) is 3.30. The number of aryl methyl sites for hydroxylation is 1. The van der Waals surface area contributed by atoms with Crippen LogP contribution >= 0.6 is 0 Å². The molecule has 0 radical (unpaired) electrons. The molecule has 0 aromatic heterocycles. The van der Waals surface area contributed by atoms with E-state index in [9.17, 15) is 4.39 Å². The van der Waals surface area contributed by atoms with E-state index >= 15 is 0 Å². The van der Waals surface area contributed by atoms with Crippen LogP contribution in [0.4, 0.5) is 10.1 Å². The van der Waals surface area contributed by atoms with Crippen LogP contribution in [0.2, 0.25) is 0 Å². The fraction of sp³-hybridized carbons (Fsp3) is 0.200. The standard InChI is InChI=1S/C10H11FN4/c1-7-5-8(3-2-4-14-15-13)9(11)6-10(7)12/h2-3,5-6H,4,12H2,1H3. The molecule has 0 bridgehead atoms.